The number of urea groups is 1. The van der Waals surface area contributed by atoms with Crippen LogP contribution in [0.5, 0.6) is 5.88 Å². The zero-order chi connectivity index (χ0) is 16.3. The molecule has 8 nitrogen and oxygen atoms in total. The first kappa shape index (κ1) is 15.4. The molecule has 0 aliphatic carbocycles. The molecule has 0 aliphatic heterocycles. The molecule has 1 aromatic carbocycles. The molecule has 2 aromatic rings. The van der Waals surface area contributed by atoms with Crippen LogP contribution in [0.15, 0.2) is 34.2 Å². The fourth-order valence-electron chi connectivity index (χ4n) is 1.85. The molecular formula is C13H13N5O3S. The smallest absolute Gasteiger partial charge is 0.332 e. The summed E-state index contributed by atoms with van der Waals surface area (Å²) in [6, 6.07) is 6.30. The van der Waals surface area contributed by atoms with Crippen LogP contribution in [-0.2, 0) is 0 Å². The van der Waals surface area contributed by atoms with Crippen molar-refractivity contribution in [2.45, 2.75) is 6.92 Å². The number of hydrogen-bond acceptors (Lipinski definition) is 5. The number of aromatic hydroxyl groups is 1. The van der Waals surface area contributed by atoms with Gasteiger partial charge in [0.25, 0.3) is 5.56 Å². The molecule has 0 radical (unpaired) electrons. The van der Waals surface area contributed by atoms with Crippen LogP contribution >= 0.6 is 12.2 Å². The summed E-state index contributed by atoms with van der Waals surface area (Å²) in [6.45, 7) is 1.84. The summed E-state index contributed by atoms with van der Waals surface area (Å²) in [5.41, 5.74) is 7.46. The lowest BCUT2D eigenvalue weighted by Gasteiger charge is -2.13. The Morgan fingerprint density at radius 2 is 2.18 bits per heavy atom. The van der Waals surface area contributed by atoms with Gasteiger partial charge in [-0.3, -0.25) is 14.3 Å². The van der Waals surface area contributed by atoms with Crippen molar-refractivity contribution in [2.75, 3.05) is 0 Å². The Balaban J connectivity index is 2.65. The van der Waals surface area contributed by atoms with E-state index >= 15 is 0 Å². The number of rotatable bonds is 3. The van der Waals surface area contributed by atoms with E-state index in [1.807, 2.05) is 24.5 Å². The van der Waals surface area contributed by atoms with Crippen molar-refractivity contribution in [1.29, 1.82) is 0 Å². The molecule has 114 valence electrons. The van der Waals surface area contributed by atoms with Gasteiger partial charge in [0.2, 0.25) is 5.88 Å². The van der Waals surface area contributed by atoms with Crippen LogP contribution in [0.3, 0.4) is 0 Å². The fraction of sp³-hybridized carbons (Fsp3) is 0.0769. The molecule has 9 heteroatoms. The highest BCUT2D eigenvalue weighted by Crippen LogP contribution is 2.21. The Hall–Kier alpha value is -2.94. The van der Waals surface area contributed by atoms with Gasteiger partial charge in [0.05, 0.1) is 11.9 Å². The first-order valence-electron chi connectivity index (χ1n) is 6.14. The van der Waals surface area contributed by atoms with Crippen molar-refractivity contribution < 1.29 is 9.90 Å². The first-order valence-corrected chi connectivity index (χ1v) is 6.55. The Morgan fingerprint density at radius 3 is 2.82 bits per heavy atom. The van der Waals surface area contributed by atoms with Gasteiger partial charge >= 0.3 is 6.03 Å². The van der Waals surface area contributed by atoms with Gasteiger partial charge in [-0.1, -0.05) is 18.2 Å². The number of benzene rings is 1. The predicted octanol–water partition coefficient (Wildman–Crippen LogP) is 0.911. The number of H-pyrrole nitrogens is 1. The van der Waals surface area contributed by atoms with Crippen LogP contribution in [0.4, 0.5) is 4.79 Å². The third-order valence-electron chi connectivity index (χ3n) is 2.85. The summed E-state index contributed by atoms with van der Waals surface area (Å²) >= 11 is 5.10. The lowest BCUT2D eigenvalue weighted by Crippen LogP contribution is -2.25. The summed E-state index contributed by atoms with van der Waals surface area (Å²) in [6.07, 6.45) is 0.989. The number of amides is 2. The quantitative estimate of drug-likeness (QED) is 0.381. The van der Waals surface area contributed by atoms with Gasteiger partial charge < -0.3 is 10.8 Å². The number of hydrazone groups is 1. The Morgan fingerprint density at radius 1 is 1.50 bits per heavy atom. The van der Waals surface area contributed by atoms with Gasteiger partial charge in [0.15, 0.2) is 4.77 Å². The number of para-hydroxylation sites is 1. The van der Waals surface area contributed by atoms with Crippen LogP contribution in [0.2, 0.25) is 0 Å². The highest BCUT2D eigenvalue weighted by molar-refractivity contribution is 7.71. The van der Waals surface area contributed by atoms with E-state index in [0.717, 1.165) is 11.8 Å². The molecule has 5 N–H and O–H groups in total. The summed E-state index contributed by atoms with van der Waals surface area (Å²) < 4.78 is 1.34. The standard InChI is InChI=1S/C13H13N5O3S/c1-7-4-2-3-5-9(7)18-11(20)8(6-15-17-12(14)21)10(19)16-13(18)22/h2-6,20H,1H3,(H3,14,17,21)(H,16,19,22)/b15-6+. The second-order valence-electron chi connectivity index (χ2n) is 4.35. The highest BCUT2D eigenvalue weighted by Gasteiger charge is 2.13. The zero-order valence-electron chi connectivity index (χ0n) is 11.5. The molecule has 0 unspecified atom stereocenters. The van der Waals surface area contributed by atoms with Crippen LogP contribution < -0.4 is 16.7 Å². The van der Waals surface area contributed by atoms with Gasteiger partial charge in [0.1, 0.15) is 5.56 Å². The Bertz CT molecular complexity index is 869. The molecule has 2 rings (SSSR count). The van der Waals surface area contributed by atoms with E-state index in [9.17, 15) is 14.7 Å². The number of carbonyl (C=O) groups is 1. The maximum absolute atomic E-state index is 11.9. The number of aromatic nitrogens is 2. The first-order chi connectivity index (χ1) is 10.4. The number of nitrogens with zero attached hydrogens (tertiary/aromatic N) is 2. The summed E-state index contributed by atoms with van der Waals surface area (Å²) in [5.74, 6) is -0.391. The van der Waals surface area contributed by atoms with Crippen LogP contribution in [0.1, 0.15) is 11.1 Å². The summed E-state index contributed by atoms with van der Waals surface area (Å²) in [5, 5.41) is 13.8. The number of aryl methyl sites for hydroxylation is 1. The number of primary amides is 1. The minimum absolute atomic E-state index is 0.0387. The molecule has 0 aliphatic rings. The van der Waals surface area contributed by atoms with Gasteiger partial charge in [-0.05, 0) is 30.8 Å². The molecule has 0 saturated carbocycles. The second-order valence-corrected chi connectivity index (χ2v) is 4.74. The topological polar surface area (TPSA) is 125 Å². The average Bonchev–Trinajstić information content (AvgIpc) is 2.44. The van der Waals surface area contributed by atoms with Crippen LogP contribution in [-0.4, -0.2) is 26.9 Å². The predicted molar refractivity (Wildman–Crippen MR) is 83.9 cm³/mol. The molecule has 0 saturated heterocycles. The molecule has 0 atom stereocenters. The van der Waals surface area contributed by atoms with Crippen LogP contribution in [0, 0.1) is 11.7 Å². The minimum atomic E-state index is -0.890. The van der Waals surface area contributed by atoms with E-state index in [1.54, 1.807) is 12.1 Å². The van der Waals surface area contributed by atoms with Crippen molar-refractivity contribution in [2.24, 2.45) is 10.8 Å². The lowest BCUT2D eigenvalue weighted by molar-refractivity contribution is 0.249. The van der Waals surface area contributed by atoms with E-state index in [-0.39, 0.29) is 10.3 Å². The summed E-state index contributed by atoms with van der Waals surface area (Å²) in [7, 11) is 0. The largest absolute Gasteiger partial charge is 0.494 e. The van der Waals surface area contributed by atoms with Crippen molar-refractivity contribution in [3.63, 3.8) is 0 Å². The highest BCUT2D eigenvalue weighted by atomic mass is 32.1. The molecular weight excluding hydrogens is 306 g/mol. The van der Waals surface area contributed by atoms with E-state index in [4.69, 9.17) is 18.0 Å². The molecule has 1 heterocycles. The number of nitrogens with one attached hydrogen (secondary N) is 2. The zero-order valence-corrected chi connectivity index (χ0v) is 12.3. The minimum Gasteiger partial charge on any atom is -0.494 e. The molecule has 22 heavy (non-hydrogen) atoms. The maximum atomic E-state index is 11.9. The SMILES string of the molecule is Cc1ccccc1-n1c(O)c(/C=N/NC(N)=O)c(=O)[nH]c1=S. The van der Waals surface area contributed by atoms with Crippen LogP contribution in [0.25, 0.3) is 5.69 Å². The van der Waals surface area contributed by atoms with Crippen molar-refractivity contribution in [3.05, 3.63) is 50.5 Å². The summed E-state index contributed by atoms with van der Waals surface area (Å²) in [4.78, 5) is 24.9. The third-order valence-corrected chi connectivity index (χ3v) is 3.13. The second kappa shape index (κ2) is 6.22. The molecule has 1 aromatic heterocycles. The molecule has 0 fully saturated rings. The Kier molecular flexibility index (Phi) is 4.37. The fourth-order valence-corrected chi connectivity index (χ4v) is 2.13. The monoisotopic (exact) mass is 319 g/mol. The lowest BCUT2D eigenvalue weighted by atomic mass is 10.2. The van der Waals surface area contributed by atoms with E-state index in [2.05, 4.69) is 10.1 Å². The van der Waals surface area contributed by atoms with E-state index in [0.29, 0.717) is 5.69 Å². The average molecular weight is 319 g/mol. The van der Waals surface area contributed by atoms with E-state index < -0.39 is 17.5 Å². The van der Waals surface area contributed by atoms with E-state index in [1.165, 1.54) is 4.57 Å². The maximum Gasteiger partial charge on any atom is 0.332 e. The van der Waals surface area contributed by atoms with Gasteiger partial charge in [-0.15, -0.1) is 0 Å². The third kappa shape index (κ3) is 3.04. The molecule has 0 bridgehead atoms. The number of hydrogen-bond donors (Lipinski definition) is 4. The van der Waals surface area contributed by atoms with Gasteiger partial charge in [-0.2, -0.15) is 5.10 Å². The normalized spacial score (nSPS) is 10.8. The molecule has 2 amide bonds. The van der Waals surface area contributed by atoms with Crippen molar-refractivity contribution in [3.8, 4) is 11.6 Å². The molecule has 0 spiro atoms. The van der Waals surface area contributed by atoms with Gasteiger partial charge in [0, 0.05) is 0 Å². The Labute approximate surface area is 129 Å². The number of aromatic amines is 1. The van der Waals surface area contributed by atoms with Crippen molar-refractivity contribution >= 4 is 24.5 Å². The van der Waals surface area contributed by atoms with Gasteiger partial charge in [-0.25, -0.2) is 10.2 Å². The van der Waals surface area contributed by atoms with Crippen molar-refractivity contribution in [1.82, 2.24) is 15.0 Å². The number of carbonyl (C=O) groups excluding carboxylic acids is 1. The number of nitrogens with two attached hydrogens (primary N) is 1.